The Kier molecular flexibility index (Phi) is 2.40. The number of carbonyl (C=O) groups is 3. The minimum Gasteiger partial charge on any atom is -0.478 e. The van der Waals surface area contributed by atoms with E-state index in [-0.39, 0.29) is 35.9 Å². The quantitative estimate of drug-likeness (QED) is 0.713. The SMILES string of the molecule is O=C1CC(=O)N(c2cnccc2C(=O)O)C1. The number of carbonyl (C=O) groups excluding carboxylic acids is 2. The van der Waals surface area contributed by atoms with Crippen molar-refractivity contribution in [2.24, 2.45) is 0 Å². The molecule has 0 aromatic carbocycles. The Labute approximate surface area is 90.5 Å². The topological polar surface area (TPSA) is 87.6 Å². The third kappa shape index (κ3) is 1.65. The van der Waals surface area contributed by atoms with Gasteiger partial charge in [-0.15, -0.1) is 0 Å². The Balaban J connectivity index is 2.44. The highest BCUT2D eigenvalue weighted by Gasteiger charge is 2.31. The number of hydrogen-bond acceptors (Lipinski definition) is 4. The number of ketones is 1. The molecule has 1 aliphatic rings. The predicted octanol–water partition coefficient (Wildman–Crippen LogP) is 0.0856. The summed E-state index contributed by atoms with van der Waals surface area (Å²) in [4.78, 5) is 38.4. The summed E-state index contributed by atoms with van der Waals surface area (Å²) in [7, 11) is 0. The van der Waals surface area contributed by atoms with E-state index in [0.29, 0.717) is 0 Å². The van der Waals surface area contributed by atoms with Gasteiger partial charge in [0, 0.05) is 6.20 Å². The van der Waals surface area contributed by atoms with Gasteiger partial charge in [-0.2, -0.15) is 0 Å². The van der Waals surface area contributed by atoms with Gasteiger partial charge in [0.25, 0.3) is 0 Å². The molecule has 2 heterocycles. The summed E-state index contributed by atoms with van der Waals surface area (Å²) in [5.74, 6) is -1.75. The van der Waals surface area contributed by atoms with E-state index in [0.717, 1.165) is 4.90 Å². The van der Waals surface area contributed by atoms with Crippen LogP contribution in [0.5, 0.6) is 0 Å². The van der Waals surface area contributed by atoms with Gasteiger partial charge in [-0.05, 0) is 6.07 Å². The largest absolute Gasteiger partial charge is 0.478 e. The van der Waals surface area contributed by atoms with E-state index in [1.54, 1.807) is 0 Å². The summed E-state index contributed by atoms with van der Waals surface area (Å²) in [6.45, 7) is -0.0786. The minimum atomic E-state index is -1.15. The molecule has 82 valence electrons. The number of carboxylic acids is 1. The minimum absolute atomic E-state index is 0.0296. The first-order valence-corrected chi connectivity index (χ1v) is 4.59. The molecular formula is C10H8N2O4. The first kappa shape index (κ1) is 10.3. The number of aromatic nitrogens is 1. The van der Waals surface area contributed by atoms with Crippen LogP contribution in [-0.4, -0.2) is 34.3 Å². The molecule has 1 aromatic heterocycles. The lowest BCUT2D eigenvalue weighted by atomic mass is 10.2. The maximum Gasteiger partial charge on any atom is 0.337 e. The fraction of sp³-hybridized carbons (Fsp3) is 0.200. The van der Waals surface area contributed by atoms with Crippen LogP contribution in [0.25, 0.3) is 0 Å². The van der Waals surface area contributed by atoms with Gasteiger partial charge in [0.1, 0.15) is 0 Å². The van der Waals surface area contributed by atoms with Crippen LogP contribution in [0.15, 0.2) is 18.5 Å². The monoisotopic (exact) mass is 220 g/mol. The smallest absolute Gasteiger partial charge is 0.337 e. The molecule has 1 fully saturated rings. The van der Waals surface area contributed by atoms with Crippen molar-refractivity contribution >= 4 is 23.3 Å². The third-order valence-electron chi connectivity index (χ3n) is 2.31. The molecular weight excluding hydrogens is 212 g/mol. The van der Waals surface area contributed by atoms with Crippen molar-refractivity contribution in [2.75, 3.05) is 11.4 Å². The molecule has 0 unspecified atom stereocenters. The van der Waals surface area contributed by atoms with Gasteiger partial charge in [0.05, 0.1) is 30.4 Å². The summed E-state index contributed by atoms with van der Waals surface area (Å²) < 4.78 is 0. The van der Waals surface area contributed by atoms with Crippen molar-refractivity contribution in [1.82, 2.24) is 4.98 Å². The summed E-state index contributed by atoms with van der Waals surface area (Å²) in [6.07, 6.45) is 2.43. The van der Waals surface area contributed by atoms with Crippen LogP contribution in [0, 0.1) is 0 Å². The molecule has 0 spiro atoms. The van der Waals surface area contributed by atoms with Crippen molar-refractivity contribution in [3.05, 3.63) is 24.0 Å². The van der Waals surface area contributed by atoms with E-state index < -0.39 is 5.97 Å². The van der Waals surface area contributed by atoms with E-state index in [2.05, 4.69) is 4.98 Å². The number of anilines is 1. The van der Waals surface area contributed by atoms with Crippen LogP contribution in [0.2, 0.25) is 0 Å². The number of Topliss-reactive ketones (excluding diaryl/α,β-unsaturated/α-hetero) is 1. The van der Waals surface area contributed by atoms with Crippen molar-refractivity contribution in [2.45, 2.75) is 6.42 Å². The standard InChI is InChI=1S/C10H8N2O4/c13-6-3-9(14)12(5-6)8-4-11-2-1-7(8)10(15)16/h1-2,4H,3,5H2,(H,15,16). The van der Waals surface area contributed by atoms with Crippen LogP contribution in [0.4, 0.5) is 5.69 Å². The number of rotatable bonds is 2. The zero-order valence-electron chi connectivity index (χ0n) is 8.21. The summed E-state index contributed by atoms with van der Waals surface area (Å²) >= 11 is 0. The van der Waals surface area contributed by atoms with E-state index in [4.69, 9.17) is 5.11 Å². The maximum absolute atomic E-state index is 11.4. The van der Waals surface area contributed by atoms with Crippen molar-refractivity contribution in [1.29, 1.82) is 0 Å². The van der Waals surface area contributed by atoms with Gasteiger partial charge in [-0.1, -0.05) is 0 Å². The molecule has 1 aromatic rings. The molecule has 1 N–H and O–H groups in total. The van der Waals surface area contributed by atoms with Gasteiger partial charge in [0.15, 0.2) is 5.78 Å². The van der Waals surface area contributed by atoms with Gasteiger partial charge in [-0.3, -0.25) is 14.6 Å². The number of aromatic carboxylic acids is 1. The van der Waals surface area contributed by atoms with E-state index >= 15 is 0 Å². The van der Waals surface area contributed by atoms with Crippen molar-refractivity contribution in [3.63, 3.8) is 0 Å². The number of amides is 1. The molecule has 16 heavy (non-hydrogen) atoms. The van der Waals surface area contributed by atoms with Crippen LogP contribution < -0.4 is 4.90 Å². The van der Waals surface area contributed by atoms with E-state index in [9.17, 15) is 14.4 Å². The Morgan fingerprint density at radius 3 is 2.75 bits per heavy atom. The fourth-order valence-electron chi connectivity index (χ4n) is 1.59. The lowest BCUT2D eigenvalue weighted by Crippen LogP contribution is -2.26. The number of carboxylic acid groups (broad SMARTS) is 1. The van der Waals surface area contributed by atoms with E-state index in [1.165, 1.54) is 18.5 Å². The molecule has 0 bridgehead atoms. The highest BCUT2D eigenvalue weighted by atomic mass is 16.4. The van der Waals surface area contributed by atoms with E-state index in [1.807, 2.05) is 0 Å². The first-order chi connectivity index (χ1) is 7.59. The molecule has 6 nitrogen and oxygen atoms in total. The number of hydrogen-bond donors (Lipinski definition) is 1. The average Bonchev–Trinajstić information content (AvgIpc) is 2.57. The summed E-state index contributed by atoms with van der Waals surface area (Å²) in [5.41, 5.74) is 0.143. The van der Waals surface area contributed by atoms with Crippen LogP contribution >= 0.6 is 0 Å². The number of pyridine rings is 1. The molecule has 6 heteroatoms. The zero-order valence-corrected chi connectivity index (χ0v) is 8.21. The maximum atomic E-state index is 11.4. The lowest BCUT2D eigenvalue weighted by molar-refractivity contribution is -0.121. The van der Waals surface area contributed by atoms with Crippen LogP contribution in [-0.2, 0) is 9.59 Å². The second kappa shape index (κ2) is 3.73. The molecule has 1 amide bonds. The highest BCUT2D eigenvalue weighted by molar-refractivity contribution is 6.16. The molecule has 0 aliphatic carbocycles. The van der Waals surface area contributed by atoms with Gasteiger partial charge < -0.3 is 10.0 Å². The predicted molar refractivity (Wildman–Crippen MR) is 53.2 cm³/mol. The Morgan fingerprint density at radius 2 is 2.19 bits per heavy atom. The second-order valence-corrected chi connectivity index (χ2v) is 3.39. The molecule has 0 saturated carbocycles. The van der Waals surface area contributed by atoms with Gasteiger partial charge in [0.2, 0.25) is 5.91 Å². The molecule has 1 aliphatic heterocycles. The fourth-order valence-corrected chi connectivity index (χ4v) is 1.59. The van der Waals surface area contributed by atoms with Gasteiger partial charge >= 0.3 is 5.97 Å². The van der Waals surface area contributed by atoms with Crippen molar-refractivity contribution in [3.8, 4) is 0 Å². The normalized spacial score (nSPS) is 15.6. The number of nitrogens with zero attached hydrogens (tertiary/aromatic N) is 2. The summed E-state index contributed by atoms with van der Waals surface area (Å²) in [5, 5.41) is 8.93. The molecule has 1 saturated heterocycles. The van der Waals surface area contributed by atoms with Crippen molar-refractivity contribution < 1.29 is 19.5 Å². The Morgan fingerprint density at radius 1 is 1.44 bits per heavy atom. The Bertz CT molecular complexity index is 483. The highest BCUT2D eigenvalue weighted by Crippen LogP contribution is 2.23. The molecule has 0 radical (unpaired) electrons. The first-order valence-electron chi connectivity index (χ1n) is 4.59. The zero-order chi connectivity index (χ0) is 11.7. The molecule has 0 atom stereocenters. The lowest BCUT2D eigenvalue weighted by Gasteiger charge is -2.16. The molecule has 2 rings (SSSR count). The third-order valence-corrected chi connectivity index (χ3v) is 2.31. The summed E-state index contributed by atoms with van der Waals surface area (Å²) in [6, 6.07) is 1.30. The van der Waals surface area contributed by atoms with Gasteiger partial charge in [-0.25, -0.2) is 4.79 Å². The van der Waals surface area contributed by atoms with Crippen LogP contribution in [0.1, 0.15) is 16.8 Å². The van der Waals surface area contributed by atoms with Crippen LogP contribution in [0.3, 0.4) is 0 Å². The average molecular weight is 220 g/mol. The Hall–Kier alpha value is -2.24. The second-order valence-electron chi connectivity index (χ2n) is 3.39.